The summed E-state index contributed by atoms with van der Waals surface area (Å²) in [4.78, 5) is 0. The molecule has 0 fully saturated rings. The van der Waals surface area contributed by atoms with Crippen LogP contribution in [0, 0.1) is 0 Å². The van der Waals surface area contributed by atoms with Gasteiger partial charge in [-0.2, -0.15) is 5.10 Å². The Bertz CT molecular complexity index is 74.2. The Balaban J connectivity index is 2.22. The molecule has 1 unspecified atom stereocenters. The van der Waals surface area contributed by atoms with Gasteiger partial charge in [0.15, 0.2) is 0 Å². The van der Waals surface area contributed by atoms with E-state index in [1.54, 1.807) is 17.3 Å². The van der Waals surface area contributed by atoms with Gasteiger partial charge in [0.25, 0.3) is 0 Å². The highest BCUT2D eigenvalue weighted by Gasteiger charge is 2.04. The molecule has 0 aromatic carbocycles. The second-order valence-corrected chi connectivity index (χ2v) is 2.12. The van der Waals surface area contributed by atoms with Gasteiger partial charge in [0.1, 0.15) is 5.50 Å². The van der Waals surface area contributed by atoms with Crippen LogP contribution < -0.4 is 10.7 Å². The van der Waals surface area contributed by atoms with E-state index < -0.39 is 0 Å². The van der Waals surface area contributed by atoms with Crippen molar-refractivity contribution in [2.75, 3.05) is 7.05 Å². The molecule has 1 aliphatic rings. The van der Waals surface area contributed by atoms with Crippen molar-refractivity contribution in [1.29, 1.82) is 0 Å². The lowest BCUT2D eigenvalue weighted by atomic mass is 11.1. The molecule has 0 radical (unpaired) electrons. The number of nitrogens with one attached hydrogen (secondary N) is 2. The lowest BCUT2D eigenvalue weighted by Crippen LogP contribution is -2.30. The van der Waals surface area contributed by atoms with Crippen molar-refractivity contribution in [3.05, 3.63) is 0 Å². The van der Waals surface area contributed by atoms with Crippen molar-refractivity contribution in [2.24, 2.45) is 5.10 Å². The van der Waals surface area contributed by atoms with Crippen LogP contribution in [0.3, 0.4) is 0 Å². The van der Waals surface area contributed by atoms with Crippen LogP contribution in [0.4, 0.5) is 0 Å². The van der Waals surface area contributed by atoms with Crippen LogP contribution in [0.15, 0.2) is 5.10 Å². The van der Waals surface area contributed by atoms with Crippen LogP contribution in [-0.4, -0.2) is 18.1 Å². The molecular formula is C3H7N3S. The van der Waals surface area contributed by atoms with Crippen molar-refractivity contribution < 1.29 is 0 Å². The van der Waals surface area contributed by atoms with E-state index >= 15 is 0 Å². The second-order valence-electron chi connectivity index (χ2n) is 1.17. The first-order chi connectivity index (χ1) is 3.43. The molecule has 3 nitrogen and oxygen atoms in total. The Morgan fingerprint density at radius 1 is 2.00 bits per heavy atom. The van der Waals surface area contributed by atoms with Crippen molar-refractivity contribution in [3.63, 3.8) is 0 Å². The van der Waals surface area contributed by atoms with E-state index in [0.29, 0.717) is 5.50 Å². The monoisotopic (exact) mass is 117 g/mol. The Labute approximate surface area is 46.6 Å². The van der Waals surface area contributed by atoms with Gasteiger partial charge >= 0.3 is 0 Å². The minimum atomic E-state index is 0.292. The molecule has 0 aromatic rings. The van der Waals surface area contributed by atoms with Crippen LogP contribution in [0.25, 0.3) is 0 Å². The van der Waals surface area contributed by atoms with Gasteiger partial charge in [-0.3, -0.25) is 10.7 Å². The number of hydrogen-bond donors (Lipinski definition) is 2. The summed E-state index contributed by atoms with van der Waals surface area (Å²) >= 11 is 1.63. The molecule has 0 aliphatic carbocycles. The molecule has 1 rings (SSSR count). The molecular weight excluding hydrogens is 110 g/mol. The molecule has 1 atom stereocenters. The summed E-state index contributed by atoms with van der Waals surface area (Å²) in [5, 5.41) is 6.75. The molecule has 0 bridgehead atoms. The summed E-state index contributed by atoms with van der Waals surface area (Å²) in [6.45, 7) is 0. The molecule has 7 heavy (non-hydrogen) atoms. The van der Waals surface area contributed by atoms with Gasteiger partial charge in [-0.05, 0) is 7.05 Å². The summed E-state index contributed by atoms with van der Waals surface area (Å²) < 4.78 is 0. The summed E-state index contributed by atoms with van der Waals surface area (Å²) in [7, 11) is 1.89. The Kier molecular flexibility index (Phi) is 1.54. The predicted molar refractivity (Wildman–Crippen MR) is 32.1 cm³/mol. The summed E-state index contributed by atoms with van der Waals surface area (Å²) in [5.74, 6) is 0. The van der Waals surface area contributed by atoms with Gasteiger partial charge in [-0.25, -0.2) is 0 Å². The van der Waals surface area contributed by atoms with Crippen LogP contribution in [-0.2, 0) is 0 Å². The van der Waals surface area contributed by atoms with Gasteiger partial charge in [-0.15, -0.1) is 0 Å². The van der Waals surface area contributed by atoms with Crippen molar-refractivity contribution in [3.8, 4) is 0 Å². The fourth-order valence-corrected chi connectivity index (χ4v) is 0.854. The highest BCUT2D eigenvalue weighted by molar-refractivity contribution is 8.12. The van der Waals surface area contributed by atoms with E-state index in [0.717, 1.165) is 0 Å². The zero-order valence-electron chi connectivity index (χ0n) is 4.01. The van der Waals surface area contributed by atoms with E-state index in [1.807, 2.05) is 7.05 Å². The number of hydrazone groups is 1. The predicted octanol–water partition coefficient (Wildman–Crippen LogP) is -0.231. The van der Waals surface area contributed by atoms with Crippen molar-refractivity contribution >= 4 is 17.3 Å². The fraction of sp³-hybridized carbons (Fsp3) is 0.667. The molecule has 0 spiro atoms. The van der Waals surface area contributed by atoms with Gasteiger partial charge in [0.2, 0.25) is 0 Å². The molecule has 0 saturated heterocycles. The SMILES string of the molecule is CNC1NN=CS1. The van der Waals surface area contributed by atoms with E-state index in [2.05, 4.69) is 15.8 Å². The van der Waals surface area contributed by atoms with Gasteiger partial charge in [0.05, 0.1) is 5.55 Å². The standard InChI is InChI=1S/C3H7N3S/c1-4-3-6-5-2-7-3/h2-4,6H,1H3. The Morgan fingerprint density at radius 3 is 3.14 bits per heavy atom. The van der Waals surface area contributed by atoms with Gasteiger partial charge < -0.3 is 0 Å². The van der Waals surface area contributed by atoms with Crippen LogP contribution in [0.5, 0.6) is 0 Å². The van der Waals surface area contributed by atoms with E-state index in [-0.39, 0.29) is 0 Å². The van der Waals surface area contributed by atoms with Gasteiger partial charge in [-0.1, -0.05) is 11.8 Å². The highest BCUT2D eigenvalue weighted by Crippen LogP contribution is 2.04. The van der Waals surface area contributed by atoms with Crippen LogP contribution in [0.2, 0.25) is 0 Å². The maximum Gasteiger partial charge on any atom is 0.146 e. The first kappa shape index (κ1) is 4.93. The van der Waals surface area contributed by atoms with Crippen LogP contribution in [0.1, 0.15) is 0 Å². The van der Waals surface area contributed by atoms with Crippen LogP contribution >= 0.6 is 11.8 Å². The normalized spacial score (nSPS) is 27.9. The number of hydrogen-bond acceptors (Lipinski definition) is 4. The maximum absolute atomic E-state index is 3.76. The topological polar surface area (TPSA) is 36.4 Å². The number of rotatable bonds is 1. The Morgan fingerprint density at radius 2 is 2.86 bits per heavy atom. The van der Waals surface area contributed by atoms with Gasteiger partial charge in [0, 0.05) is 0 Å². The third-order valence-corrected chi connectivity index (χ3v) is 1.54. The smallest absolute Gasteiger partial charge is 0.146 e. The number of thioether (sulfide) groups is 1. The molecule has 0 saturated carbocycles. The quantitative estimate of drug-likeness (QED) is 0.498. The molecule has 2 N–H and O–H groups in total. The summed E-state index contributed by atoms with van der Waals surface area (Å²) in [5.41, 5.74) is 4.90. The van der Waals surface area contributed by atoms with E-state index in [1.165, 1.54) is 0 Å². The lowest BCUT2D eigenvalue weighted by Gasteiger charge is -2.03. The maximum atomic E-state index is 3.76. The third kappa shape index (κ3) is 1.07. The summed E-state index contributed by atoms with van der Waals surface area (Å²) in [6.07, 6.45) is 0. The fourth-order valence-electron chi connectivity index (χ4n) is 0.352. The third-order valence-electron chi connectivity index (χ3n) is 0.704. The minimum absolute atomic E-state index is 0.292. The second kappa shape index (κ2) is 2.18. The van der Waals surface area contributed by atoms with E-state index in [4.69, 9.17) is 0 Å². The molecule has 0 aromatic heterocycles. The number of nitrogens with zero attached hydrogens (tertiary/aromatic N) is 1. The first-order valence-electron chi connectivity index (χ1n) is 2.03. The minimum Gasteiger partial charge on any atom is -0.290 e. The van der Waals surface area contributed by atoms with Crippen molar-refractivity contribution in [1.82, 2.24) is 10.7 Å². The molecule has 1 aliphatic heterocycles. The first-order valence-corrected chi connectivity index (χ1v) is 2.97. The molecule has 1 heterocycles. The van der Waals surface area contributed by atoms with Crippen molar-refractivity contribution in [2.45, 2.75) is 5.50 Å². The summed E-state index contributed by atoms with van der Waals surface area (Å²) in [6, 6.07) is 0. The molecule has 40 valence electrons. The zero-order valence-corrected chi connectivity index (χ0v) is 4.83. The Hall–Kier alpha value is -0.220. The largest absolute Gasteiger partial charge is 0.290 e. The molecule has 0 amide bonds. The molecule has 4 heteroatoms. The lowest BCUT2D eigenvalue weighted by molar-refractivity contribution is 0.629. The average Bonchev–Trinajstić information content (AvgIpc) is 2.14. The zero-order chi connectivity index (χ0) is 5.11. The highest BCUT2D eigenvalue weighted by atomic mass is 32.2. The average molecular weight is 117 g/mol. The van der Waals surface area contributed by atoms with E-state index in [9.17, 15) is 0 Å².